The van der Waals surface area contributed by atoms with Crippen LogP contribution in [0.3, 0.4) is 0 Å². The molecule has 294 valence electrons. The molecule has 0 saturated carbocycles. The zero-order valence-electron chi connectivity index (χ0n) is 29.4. The number of esters is 6. The molecule has 0 amide bonds. The van der Waals surface area contributed by atoms with Gasteiger partial charge < -0.3 is 37.9 Å². The van der Waals surface area contributed by atoms with Crippen LogP contribution < -0.4 is 22.5 Å². The molecule has 8 unspecified atom stereocenters. The standard InChI is InChI=1S/C30H35N5O18S/c1-11(36)46-8-18-20(48-13(3)38)22(50-15(5)40)27(52-18)34-7-17(24(42)31-29(34)44)10-54-26-25(43)32-30(45)35(33-26)28-23(51-16(6)41)21(49-14(4)39)19(53-28)9-47-12(2)37/h7,18-23,27-28H,8-10H2,1-6H3,(H,31,42,44)(H,32,43,45). The Morgan fingerprint density at radius 1 is 0.648 bits per heavy atom. The molecular formula is C30H35N5O18S. The number of hydrogen-bond acceptors (Lipinski definition) is 20. The summed E-state index contributed by atoms with van der Waals surface area (Å²) in [6.07, 6.45) is -10.4. The average Bonchev–Trinajstić information content (AvgIpc) is 3.54. The highest BCUT2D eigenvalue weighted by Crippen LogP contribution is 2.35. The van der Waals surface area contributed by atoms with Crippen molar-refractivity contribution in [3.63, 3.8) is 0 Å². The second-order valence-electron chi connectivity index (χ2n) is 11.7. The van der Waals surface area contributed by atoms with Gasteiger partial charge in [0.15, 0.2) is 41.9 Å². The van der Waals surface area contributed by atoms with Crippen molar-refractivity contribution in [2.24, 2.45) is 0 Å². The molecule has 4 heterocycles. The highest BCUT2D eigenvalue weighted by molar-refractivity contribution is 7.98. The van der Waals surface area contributed by atoms with Gasteiger partial charge in [0.25, 0.3) is 11.1 Å². The lowest BCUT2D eigenvalue weighted by atomic mass is 10.1. The van der Waals surface area contributed by atoms with Crippen LogP contribution in [0.25, 0.3) is 0 Å². The largest absolute Gasteiger partial charge is 0.463 e. The number of carbonyl (C=O) groups is 6. The van der Waals surface area contributed by atoms with Gasteiger partial charge in [-0.25, -0.2) is 9.59 Å². The van der Waals surface area contributed by atoms with Crippen LogP contribution in [0, 0.1) is 0 Å². The summed E-state index contributed by atoms with van der Waals surface area (Å²) >= 11 is 0.606. The summed E-state index contributed by atoms with van der Waals surface area (Å²) in [5.41, 5.74) is -4.31. The van der Waals surface area contributed by atoms with Crippen molar-refractivity contribution in [3.05, 3.63) is 53.4 Å². The summed E-state index contributed by atoms with van der Waals surface area (Å²) in [4.78, 5) is 127. The third-order valence-electron chi connectivity index (χ3n) is 7.42. The molecule has 54 heavy (non-hydrogen) atoms. The van der Waals surface area contributed by atoms with E-state index in [-0.39, 0.29) is 5.56 Å². The Hall–Kier alpha value is -5.62. The molecule has 0 bridgehead atoms. The molecule has 23 nitrogen and oxygen atoms in total. The molecule has 2 aliphatic rings. The lowest BCUT2D eigenvalue weighted by Crippen LogP contribution is -2.43. The maximum Gasteiger partial charge on any atom is 0.347 e. The van der Waals surface area contributed by atoms with Crippen molar-refractivity contribution in [3.8, 4) is 0 Å². The maximum absolute atomic E-state index is 13.1. The van der Waals surface area contributed by atoms with Crippen LogP contribution in [0.15, 0.2) is 30.4 Å². The molecule has 0 aromatic carbocycles. The quantitative estimate of drug-likeness (QED) is 0.123. The molecule has 8 atom stereocenters. The van der Waals surface area contributed by atoms with Crippen molar-refractivity contribution < 1.29 is 66.7 Å². The number of hydrogen-bond donors (Lipinski definition) is 2. The van der Waals surface area contributed by atoms with E-state index in [0.717, 1.165) is 52.3 Å². The Balaban J connectivity index is 1.68. The zero-order valence-corrected chi connectivity index (χ0v) is 30.2. The third kappa shape index (κ3) is 10.1. The molecule has 2 N–H and O–H groups in total. The number of ether oxygens (including phenoxy) is 8. The SMILES string of the molecule is CC(=O)OCC1OC(n2cc(CSc3nn(C4OC(COC(C)=O)C(OC(C)=O)C4OC(C)=O)c(=O)[nH]c3=O)c(=O)[nH]c2=O)C(OC(C)=O)C1OC(C)=O. The van der Waals surface area contributed by atoms with Gasteiger partial charge in [-0.05, 0) is 0 Å². The summed E-state index contributed by atoms with van der Waals surface area (Å²) in [7, 11) is 0. The summed E-state index contributed by atoms with van der Waals surface area (Å²) in [6.45, 7) is 5.45. The highest BCUT2D eigenvalue weighted by atomic mass is 32.2. The predicted molar refractivity (Wildman–Crippen MR) is 173 cm³/mol. The Kier molecular flexibility index (Phi) is 13.3. The van der Waals surface area contributed by atoms with E-state index < -0.39 is 131 Å². The first-order valence-corrected chi connectivity index (χ1v) is 16.8. The minimum absolute atomic E-state index is 0.178. The van der Waals surface area contributed by atoms with E-state index >= 15 is 0 Å². The number of nitrogens with one attached hydrogen (secondary N) is 2. The van der Waals surface area contributed by atoms with Crippen molar-refractivity contribution in [2.45, 2.75) is 101 Å². The van der Waals surface area contributed by atoms with Gasteiger partial charge in [0.1, 0.15) is 25.4 Å². The molecule has 0 radical (unpaired) electrons. The molecule has 2 aromatic rings. The molecule has 0 aliphatic carbocycles. The van der Waals surface area contributed by atoms with E-state index in [9.17, 15) is 47.9 Å². The predicted octanol–water partition coefficient (Wildman–Crippen LogP) is -2.28. The van der Waals surface area contributed by atoms with Gasteiger partial charge >= 0.3 is 47.2 Å². The maximum atomic E-state index is 13.1. The van der Waals surface area contributed by atoms with Crippen molar-refractivity contribution in [2.75, 3.05) is 13.2 Å². The number of nitrogens with zero attached hydrogens (tertiary/aromatic N) is 3. The molecule has 2 aromatic heterocycles. The summed E-state index contributed by atoms with van der Waals surface area (Å²) in [6, 6.07) is 0. The summed E-state index contributed by atoms with van der Waals surface area (Å²) in [5, 5.41) is 3.62. The smallest absolute Gasteiger partial charge is 0.347 e. The highest BCUT2D eigenvalue weighted by Gasteiger charge is 2.52. The molecular weight excluding hydrogens is 750 g/mol. The number of aromatic nitrogens is 5. The minimum atomic E-state index is -1.63. The van der Waals surface area contributed by atoms with Gasteiger partial charge in [-0.15, -0.1) is 0 Å². The molecule has 0 spiro atoms. The fourth-order valence-corrected chi connectivity index (χ4v) is 6.26. The fourth-order valence-electron chi connectivity index (χ4n) is 5.43. The summed E-state index contributed by atoms with van der Waals surface area (Å²) < 4.78 is 44.3. The van der Waals surface area contributed by atoms with Crippen LogP contribution in [0.2, 0.25) is 0 Å². The van der Waals surface area contributed by atoms with Gasteiger partial charge in [-0.1, -0.05) is 11.8 Å². The Bertz CT molecular complexity index is 1900. The second kappa shape index (κ2) is 17.5. The van der Waals surface area contributed by atoms with Gasteiger partial charge in [-0.2, -0.15) is 9.78 Å². The number of thioether (sulfide) groups is 1. The van der Waals surface area contributed by atoms with Gasteiger partial charge in [0.05, 0.1) is 0 Å². The monoisotopic (exact) mass is 785 g/mol. The van der Waals surface area contributed by atoms with Crippen LogP contribution in [0.1, 0.15) is 59.6 Å². The molecule has 2 aliphatic heterocycles. The number of aromatic amines is 2. The first-order chi connectivity index (χ1) is 25.4. The second-order valence-corrected chi connectivity index (χ2v) is 12.6. The van der Waals surface area contributed by atoms with Crippen LogP contribution in [0.5, 0.6) is 0 Å². The zero-order chi connectivity index (χ0) is 40.0. The number of rotatable bonds is 13. The number of H-pyrrole nitrogens is 2. The van der Waals surface area contributed by atoms with E-state index in [4.69, 9.17) is 37.9 Å². The third-order valence-corrected chi connectivity index (χ3v) is 8.42. The molecule has 24 heteroatoms. The first kappa shape index (κ1) is 41.1. The fraction of sp³-hybridized carbons (Fsp3) is 0.567. The normalized spacial score (nSPS) is 24.6. The first-order valence-electron chi connectivity index (χ1n) is 15.8. The topological polar surface area (TPSA) is 299 Å². The van der Waals surface area contributed by atoms with Crippen molar-refractivity contribution in [1.29, 1.82) is 0 Å². The van der Waals surface area contributed by atoms with Crippen LogP contribution in [-0.2, 0) is 72.4 Å². The Morgan fingerprint density at radius 3 is 1.57 bits per heavy atom. The molecule has 4 rings (SSSR count). The van der Waals surface area contributed by atoms with Crippen molar-refractivity contribution in [1.82, 2.24) is 24.3 Å². The van der Waals surface area contributed by atoms with Crippen molar-refractivity contribution >= 4 is 47.6 Å². The van der Waals surface area contributed by atoms with Gasteiger partial charge in [0.2, 0.25) is 0 Å². The van der Waals surface area contributed by atoms with Crippen LogP contribution >= 0.6 is 11.8 Å². The lowest BCUT2D eigenvalue weighted by Gasteiger charge is -2.24. The van der Waals surface area contributed by atoms with Gasteiger partial charge in [-0.3, -0.25) is 52.9 Å². The Morgan fingerprint density at radius 2 is 1.09 bits per heavy atom. The molecule has 2 fully saturated rings. The van der Waals surface area contributed by atoms with E-state index in [2.05, 4.69) is 10.1 Å². The van der Waals surface area contributed by atoms with E-state index in [1.807, 2.05) is 4.98 Å². The van der Waals surface area contributed by atoms with Gasteiger partial charge in [0, 0.05) is 59.1 Å². The van der Waals surface area contributed by atoms with E-state index in [0.29, 0.717) is 16.4 Å². The van der Waals surface area contributed by atoms with Crippen LogP contribution in [-0.4, -0.2) is 110 Å². The minimum Gasteiger partial charge on any atom is -0.463 e. The number of carbonyl (C=O) groups excluding carboxylic acids is 6. The van der Waals surface area contributed by atoms with E-state index in [1.165, 1.54) is 0 Å². The van der Waals surface area contributed by atoms with Crippen LogP contribution in [0.4, 0.5) is 0 Å². The van der Waals surface area contributed by atoms with E-state index in [1.54, 1.807) is 0 Å². The molecule has 2 saturated heterocycles. The average molecular weight is 786 g/mol. The Labute approximate surface area is 306 Å². The lowest BCUT2D eigenvalue weighted by molar-refractivity contribution is -0.166. The summed E-state index contributed by atoms with van der Waals surface area (Å²) in [5.74, 6) is -5.21.